The van der Waals surface area contributed by atoms with Gasteiger partial charge in [-0.05, 0) is 61.2 Å². The van der Waals surface area contributed by atoms with Crippen LogP contribution in [0.3, 0.4) is 0 Å². The summed E-state index contributed by atoms with van der Waals surface area (Å²) in [5.41, 5.74) is 1.69. The molecule has 0 aliphatic carbocycles. The second-order valence-electron chi connectivity index (χ2n) is 9.71. The van der Waals surface area contributed by atoms with Crippen LogP contribution in [-0.2, 0) is 26.0 Å². The number of halogens is 1. The third-order valence-electron chi connectivity index (χ3n) is 7.07. The lowest BCUT2D eigenvalue weighted by molar-refractivity contribution is -0.129. The summed E-state index contributed by atoms with van der Waals surface area (Å²) in [7, 11) is -3.78. The van der Waals surface area contributed by atoms with Gasteiger partial charge in [0.05, 0.1) is 23.0 Å². The van der Waals surface area contributed by atoms with Gasteiger partial charge in [0.1, 0.15) is 5.75 Å². The minimum Gasteiger partial charge on any atom is -0.477 e. The number of hydrogen-bond acceptors (Lipinski definition) is 5. The average Bonchev–Trinajstić information content (AvgIpc) is 2.97. The normalized spacial score (nSPS) is 19.6. The Balaban J connectivity index is 1.29. The standard InChI is InChI=1S/C29H30ClN3O5S/c30-23-12-14-24(15-13-23)39(36,37)32-18-6-9-22(19-32)29(35)33-20-27(38-26-11-5-4-10-25(26)33)28(34)31-17-16-21-7-2-1-3-8-21/h1-5,7-8,10-15,22,27H,6,9,16-20H2,(H,31,34)/t22-,27-/m1/s1. The molecule has 3 aromatic carbocycles. The smallest absolute Gasteiger partial charge is 0.262 e. The van der Waals surface area contributed by atoms with Crippen LogP contribution in [-0.4, -0.2) is 56.8 Å². The Morgan fingerprint density at radius 1 is 0.949 bits per heavy atom. The van der Waals surface area contributed by atoms with Crippen molar-refractivity contribution in [2.24, 2.45) is 5.92 Å². The molecule has 5 rings (SSSR count). The Morgan fingerprint density at radius 3 is 2.44 bits per heavy atom. The molecule has 1 saturated heterocycles. The van der Waals surface area contributed by atoms with E-state index in [9.17, 15) is 18.0 Å². The van der Waals surface area contributed by atoms with Gasteiger partial charge in [-0.2, -0.15) is 4.31 Å². The largest absolute Gasteiger partial charge is 0.477 e. The molecule has 3 aromatic rings. The third-order valence-corrected chi connectivity index (χ3v) is 9.20. The predicted octanol–water partition coefficient (Wildman–Crippen LogP) is 3.89. The first kappa shape index (κ1) is 27.2. The van der Waals surface area contributed by atoms with Gasteiger partial charge in [-0.25, -0.2) is 8.42 Å². The highest BCUT2D eigenvalue weighted by Crippen LogP contribution is 2.35. The predicted molar refractivity (Wildman–Crippen MR) is 149 cm³/mol. The van der Waals surface area contributed by atoms with Crippen molar-refractivity contribution < 1.29 is 22.7 Å². The molecule has 2 amide bonds. The third kappa shape index (κ3) is 6.11. The van der Waals surface area contributed by atoms with Gasteiger partial charge in [-0.1, -0.05) is 54.1 Å². The molecular formula is C29H30ClN3O5S. The van der Waals surface area contributed by atoms with Crippen LogP contribution in [0.15, 0.2) is 83.8 Å². The number of rotatable bonds is 7. The summed E-state index contributed by atoms with van der Waals surface area (Å²) in [6.45, 7) is 0.893. The Morgan fingerprint density at radius 2 is 1.67 bits per heavy atom. The van der Waals surface area contributed by atoms with Crippen LogP contribution in [0.1, 0.15) is 18.4 Å². The number of fused-ring (bicyclic) bond motifs is 1. The van der Waals surface area contributed by atoms with Gasteiger partial charge in [-0.3, -0.25) is 9.59 Å². The van der Waals surface area contributed by atoms with Gasteiger partial charge >= 0.3 is 0 Å². The fourth-order valence-electron chi connectivity index (χ4n) is 5.01. The summed E-state index contributed by atoms with van der Waals surface area (Å²) in [5, 5.41) is 3.37. The minimum atomic E-state index is -3.78. The number of para-hydroxylation sites is 2. The first-order valence-corrected chi connectivity index (χ1v) is 14.8. The Bertz CT molecular complexity index is 1430. The SMILES string of the molecule is O=C(NCCc1ccccc1)[C@H]1CN(C(=O)[C@@H]2CCCN(S(=O)(=O)c3ccc(Cl)cc3)C2)c2ccccc2O1. The van der Waals surface area contributed by atoms with E-state index in [1.165, 1.54) is 28.6 Å². The monoisotopic (exact) mass is 567 g/mol. The topological polar surface area (TPSA) is 96.0 Å². The first-order valence-electron chi connectivity index (χ1n) is 13.0. The molecule has 2 heterocycles. The number of anilines is 1. The number of ether oxygens (including phenoxy) is 1. The number of nitrogens with one attached hydrogen (secondary N) is 1. The molecule has 204 valence electrons. The van der Waals surface area contributed by atoms with Crippen molar-refractivity contribution in [2.45, 2.75) is 30.3 Å². The zero-order chi connectivity index (χ0) is 27.4. The van der Waals surface area contributed by atoms with Crippen molar-refractivity contribution in [1.29, 1.82) is 0 Å². The molecule has 0 saturated carbocycles. The molecule has 2 aliphatic rings. The quantitative estimate of drug-likeness (QED) is 0.467. The van der Waals surface area contributed by atoms with E-state index in [1.54, 1.807) is 29.2 Å². The first-order chi connectivity index (χ1) is 18.8. The maximum Gasteiger partial charge on any atom is 0.262 e. The second kappa shape index (κ2) is 11.8. The number of benzene rings is 3. The molecule has 0 bridgehead atoms. The summed E-state index contributed by atoms with van der Waals surface area (Å²) in [6.07, 6.45) is 0.910. The van der Waals surface area contributed by atoms with E-state index in [-0.39, 0.29) is 29.8 Å². The highest BCUT2D eigenvalue weighted by atomic mass is 35.5. The lowest BCUT2D eigenvalue weighted by Crippen LogP contribution is -2.54. The summed E-state index contributed by atoms with van der Waals surface area (Å²) in [4.78, 5) is 28.6. The summed E-state index contributed by atoms with van der Waals surface area (Å²) < 4.78 is 33.9. The van der Waals surface area contributed by atoms with Crippen molar-refractivity contribution in [2.75, 3.05) is 31.1 Å². The van der Waals surface area contributed by atoms with E-state index in [0.29, 0.717) is 48.8 Å². The second-order valence-corrected chi connectivity index (χ2v) is 12.1. The number of piperidine rings is 1. The molecule has 0 aromatic heterocycles. The van der Waals surface area contributed by atoms with Crippen LogP contribution >= 0.6 is 11.6 Å². The Kier molecular flexibility index (Phi) is 8.20. The van der Waals surface area contributed by atoms with Crippen LogP contribution in [0.25, 0.3) is 0 Å². The van der Waals surface area contributed by atoms with Crippen molar-refractivity contribution in [1.82, 2.24) is 9.62 Å². The minimum absolute atomic E-state index is 0.0491. The fourth-order valence-corrected chi connectivity index (χ4v) is 6.66. The number of hydrogen-bond donors (Lipinski definition) is 1. The van der Waals surface area contributed by atoms with E-state index in [1.807, 2.05) is 30.3 Å². The van der Waals surface area contributed by atoms with Crippen LogP contribution < -0.4 is 15.0 Å². The van der Waals surface area contributed by atoms with E-state index >= 15 is 0 Å². The molecular weight excluding hydrogens is 538 g/mol. The van der Waals surface area contributed by atoms with Crippen LogP contribution in [0, 0.1) is 5.92 Å². The van der Waals surface area contributed by atoms with Crippen molar-refractivity contribution in [3.8, 4) is 5.75 Å². The maximum atomic E-state index is 13.8. The molecule has 2 atom stereocenters. The summed E-state index contributed by atoms with van der Waals surface area (Å²) in [6, 6.07) is 23.0. The lowest BCUT2D eigenvalue weighted by Gasteiger charge is -2.38. The molecule has 0 spiro atoms. The van der Waals surface area contributed by atoms with Gasteiger partial charge in [0, 0.05) is 24.7 Å². The Labute approximate surface area is 233 Å². The van der Waals surface area contributed by atoms with Gasteiger partial charge in [0.15, 0.2) is 6.10 Å². The molecule has 8 nitrogen and oxygen atoms in total. The van der Waals surface area contributed by atoms with Crippen LogP contribution in [0.2, 0.25) is 5.02 Å². The molecule has 39 heavy (non-hydrogen) atoms. The molecule has 10 heteroatoms. The van der Waals surface area contributed by atoms with E-state index in [4.69, 9.17) is 16.3 Å². The highest BCUT2D eigenvalue weighted by Gasteiger charge is 2.39. The number of carbonyl (C=O) groups is 2. The number of sulfonamides is 1. The fraction of sp³-hybridized carbons (Fsp3) is 0.310. The van der Waals surface area contributed by atoms with E-state index < -0.39 is 22.0 Å². The zero-order valence-corrected chi connectivity index (χ0v) is 22.9. The van der Waals surface area contributed by atoms with Crippen LogP contribution in [0.4, 0.5) is 5.69 Å². The highest BCUT2D eigenvalue weighted by molar-refractivity contribution is 7.89. The van der Waals surface area contributed by atoms with Gasteiger partial charge in [0.25, 0.3) is 5.91 Å². The zero-order valence-electron chi connectivity index (χ0n) is 21.3. The molecule has 0 radical (unpaired) electrons. The molecule has 1 N–H and O–H groups in total. The lowest BCUT2D eigenvalue weighted by atomic mass is 9.97. The average molecular weight is 568 g/mol. The van der Waals surface area contributed by atoms with Gasteiger partial charge in [0.2, 0.25) is 15.9 Å². The summed E-state index contributed by atoms with van der Waals surface area (Å²) in [5.74, 6) is -0.617. The number of amides is 2. The van der Waals surface area contributed by atoms with Crippen molar-refractivity contribution in [3.63, 3.8) is 0 Å². The number of carbonyl (C=O) groups excluding carboxylic acids is 2. The van der Waals surface area contributed by atoms with Crippen LogP contribution in [0.5, 0.6) is 5.75 Å². The molecule has 2 aliphatic heterocycles. The van der Waals surface area contributed by atoms with Gasteiger partial charge < -0.3 is 15.0 Å². The number of nitrogens with zero attached hydrogens (tertiary/aromatic N) is 2. The Hall–Kier alpha value is -3.40. The summed E-state index contributed by atoms with van der Waals surface area (Å²) >= 11 is 5.93. The van der Waals surface area contributed by atoms with Crippen molar-refractivity contribution in [3.05, 3.63) is 89.4 Å². The van der Waals surface area contributed by atoms with E-state index in [2.05, 4.69) is 5.32 Å². The molecule has 1 fully saturated rings. The van der Waals surface area contributed by atoms with Crippen molar-refractivity contribution >= 4 is 39.1 Å². The van der Waals surface area contributed by atoms with E-state index in [0.717, 1.165) is 5.56 Å². The molecule has 0 unspecified atom stereocenters. The maximum absolute atomic E-state index is 13.8. The van der Waals surface area contributed by atoms with Gasteiger partial charge in [-0.15, -0.1) is 0 Å².